The second kappa shape index (κ2) is 7.61. The summed E-state index contributed by atoms with van der Waals surface area (Å²) in [6, 6.07) is 13.1. The van der Waals surface area contributed by atoms with Gasteiger partial charge in [0.2, 0.25) is 5.91 Å². The molecule has 1 aliphatic heterocycles. The molecule has 0 saturated heterocycles. The molecule has 0 spiro atoms. The van der Waals surface area contributed by atoms with Crippen molar-refractivity contribution in [2.45, 2.75) is 31.1 Å². The number of nitrogens with one attached hydrogen (secondary N) is 1. The maximum atomic E-state index is 13.1. The van der Waals surface area contributed by atoms with Crippen molar-refractivity contribution >= 4 is 34.9 Å². The molecule has 2 aliphatic rings. The van der Waals surface area contributed by atoms with E-state index in [0.717, 1.165) is 16.9 Å². The van der Waals surface area contributed by atoms with E-state index in [-0.39, 0.29) is 29.9 Å². The quantitative estimate of drug-likeness (QED) is 0.766. The lowest BCUT2D eigenvalue weighted by Gasteiger charge is -2.34. The van der Waals surface area contributed by atoms with Gasteiger partial charge in [-0.2, -0.15) is 0 Å². The molecule has 0 unspecified atom stereocenters. The summed E-state index contributed by atoms with van der Waals surface area (Å²) >= 11 is 12.6. The molecule has 2 aromatic rings. The lowest BCUT2D eigenvalue weighted by molar-refractivity contribution is -0.122. The van der Waals surface area contributed by atoms with Crippen LogP contribution in [0, 0.1) is 0 Å². The Kier molecular flexibility index (Phi) is 5.17. The smallest absolute Gasteiger partial charge is 0.225 e. The Balaban J connectivity index is 1.71. The average Bonchev–Trinajstić information content (AvgIpc) is 2.69. The van der Waals surface area contributed by atoms with Crippen LogP contribution in [-0.4, -0.2) is 18.8 Å². The van der Waals surface area contributed by atoms with Gasteiger partial charge in [-0.05, 0) is 41.7 Å². The predicted octanol–water partition coefficient (Wildman–Crippen LogP) is 5.01. The molecule has 0 saturated carbocycles. The number of hydrogen-bond acceptors (Lipinski definition) is 3. The van der Waals surface area contributed by atoms with Crippen molar-refractivity contribution in [3.05, 3.63) is 74.9 Å². The molecule has 1 N–H and O–H groups in total. The number of allylic oxidation sites excluding steroid dienone is 2. The van der Waals surface area contributed by atoms with E-state index in [4.69, 9.17) is 27.9 Å². The highest BCUT2D eigenvalue weighted by Gasteiger charge is 2.39. The van der Waals surface area contributed by atoms with Crippen molar-refractivity contribution in [1.29, 1.82) is 0 Å². The zero-order chi connectivity index (χ0) is 19.8. The molecule has 1 aliphatic carbocycles. The monoisotopic (exact) mass is 415 g/mol. The predicted molar refractivity (Wildman–Crippen MR) is 109 cm³/mol. The number of amides is 1. The highest BCUT2D eigenvalue weighted by molar-refractivity contribution is 6.42. The Hall–Kier alpha value is -2.30. The van der Waals surface area contributed by atoms with E-state index in [9.17, 15) is 9.59 Å². The Morgan fingerprint density at radius 3 is 2.46 bits per heavy atom. The minimum absolute atomic E-state index is 0.0195. The minimum atomic E-state index is -0.362. The molecule has 4 nitrogen and oxygen atoms in total. The summed E-state index contributed by atoms with van der Waals surface area (Å²) in [6.45, 7) is 0. The van der Waals surface area contributed by atoms with Crippen molar-refractivity contribution in [3.63, 3.8) is 0 Å². The topological polar surface area (TPSA) is 55.4 Å². The fourth-order valence-electron chi connectivity index (χ4n) is 4.13. The van der Waals surface area contributed by atoms with Crippen LogP contribution in [0.5, 0.6) is 5.75 Å². The summed E-state index contributed by atoms with van der Waals surface area (Å²) in [5.41, 5.74) is 3.15. The van der Waals surface area contributed by atoms with Crippen LogP contribution in [0.25, 0.3) is 0 Å². The zero-order valence-corrected chi connectivity index (χ0v) is 16.8. The molecule has 0 radical (unpaired) electrons. The lowest BCUT2D eigenvalue weighted by atomic mass is 9.73. The number of carbonyl (C=O) groups excluding carboxylic acids is 2. The highest BCUT2D eigenvalue weighted by atomic mass is 35.5. The third-order valence-corrected chi connectivity index (χ3v) is 6.31. The average molecular weight is 416 g/mol. The van der Waals surface area contributed by atoms with E-state index in [2.05, 4.69) is 5.32 Å². The Bertz CT molecular complexity index is 982. The van der Waals surface area contributed by atoms with Crippen LogP contribution in [0.15, 0.2) is 53.7 Å². The number of halogens is 2. The molecule has 0 bridgehead atoms. The molecule has 1 amide bonds. The van der Waals surface area contributed by atoms with Gasteiger partial charge in [-0.25, -0.2) is 0 Å². The number of ketones is 1. The standard InChI is InChI=1S/C22H19Cl2NO3/c1-28-14-7-5-12(6-8-14)13-9-18-21(19(26)10-13)16(11-20(27)25-18)15-3-2-4-17(23)22(15)24/h2-8,13,16H,9-11H2,1H3,(H,25,27)/t13-,16-/m0/s1. The molecule has 6 heteroatoms. The van der Waals surface area contributed by atoms with Gasteiger partial charge in [-0.15, -0.1) is 0 Å². The fraction of sp³-hybridized carbons (Fsp3) is 0.273. The number of carbonyl (C=O) groups is 2. The first kappa shape index (κ1) is 19.0. The number of rotatable bonds is 3. The van der Waals surface area contributed by atoms with Crippen molar-refractivity contribution in [1.82, 2.24) is 5.32 Å². The van der Waals surface area contributed by atoms with Crippen LogP contribution in [0.4, 0.5) is 0 Å². The van der Waals surface area contributed by atoms with Gasteiger partial charge >= 0.3 is 0 Å². The van der Waals surface area contributed by atoms with Gasteiger partial charge in [0.1, 0.15) is 5.75 Å². The van der Waals surface area contributed by atoms with Gasteiger partial charge in [0.15, 0.2) is 5.78 Å². The third-order valence-electron chi connectivity index (χ3n) is 5.48. The molecule has 0 aromatic heterocycles. The van der Waals surface area contributed by atoms with E-state index >= 15 is 0 Å². The van der Waals surface area contributed by atoms with E-state index in [1.54, 1.807) is 19.2 Å². The van der Waals surface area contributed by atoms with Gasteiger partial charge in [0.25, 0.3) is 0 Å². The summed E-state index contributed by atoms with van der Waals surface area (Å²) < 4.78 is 5.20. The molecule has 144 valence electrons. The van der Waals surface area contributed by atoms with Gasteiger partial charge < -0.3 is 10.1 Å². The summed E-state index contributed by atoms with van der Waals surface area (Å²) in [5, 5.41) is 3.75. The largest absolute Gasteiger partial charge is 0.497 e. The van der Waals surface area contributed by atoms with E-state index in [1.807, 2.05) is 30.3 Å². The lowest BCUT2D eigenvalue weighted by Crippen LogP contribution is -2.38. The molecular weight excluding hydrogens is 397 g/mol. The number of benzene rings is 2. The van der Waals surface area contributed by atoms with E-state index in [1.165, 1.54) is 0 Å². The van der Waals surface area contributed by atoms with Crippen LogP contribution in [0.3, 0.4) is 0 Å². The second-order valence-electron chi connectivity index (χ2n) is 7.14. The van der Waals surface area contributed by atoms with Gasteiger partial charge in [-0.1, -0.05) is 47.5 Å². The normalized spacial score (nSPS) is 22.0. The molecular formula is C22H19Cl2NO3. The summed E-state index contributed by atoms with van der Waals surface area (Å²) in [4.78, 5) is 25.5. The summed E-state index contributed by atoms with van der Waals surface area (Å²) in [5.74, 6) is 0.365. The Morgan fingerprint density at radius 2 is 1.75 bits per heavy atom. The van der Waals surface area contributed by atoms with Crippen LogP contribution >= 0.6 is 23.2 Å². The molecule has 28 heavy (non-hydrogen) atoms. The van der Waals surface area contributed by atoms with E-state index in [0.29, 0.717) is 34.2 Å². The summed E-state index contributed by atoms with van der Waals surface area (Å²) in [7, 11) is 1.62. The molecule has 1 heterocycles. The number of ether oxygens (including phenoxy) is 1. The van der Waals surface area contributed by atoms with Crippen LogP contribution in [-0.2, 0) is 9.59 Å². The van der Waals surface area contributed by atoms with Crippen LogP contribution in [0.2, 0.25) is 10.0 Å². The van der Waals surface area contributed by atoms with Crippen LogP contribution < -0.4 is 10.1 Å². The number of methoxy groups -OCH3 is 1. The minimum Gasteiger partial charge on any atom is -0.497 e. The van der Waals surface area contributed by atoms with Gasteiger partial charge in [0, 0.05) is 30.0 Å². The SMILES string of the molecule is COc1ccc([C@@H]2CC(=O)C3=C(C2)NC(=O)C[C@H]3c2cccc(Cl)c2Cl)cc1. The maximum absolute atomic E-state index is 13.1. The molecule has 2 atom stereocenters. The van der Waals surface area contributed by atoms with Crippen molar-refractivity contribution in [2.24, 2.45) is 0 Å². The molecule has 4 rings (SSSR count). The Morgan fingerprint density at radius 1 is 1.00 bits per heavy atom. The molecule has 0 fully saturated rings. The fourth-order valence-corrected chi connectivity index (χ4v) is 4.57. The van der Waals surface area contributed by atoms with E-state index < -0.39 is 0 Å². The first-order valence-electron chi connectivity index (χ1n) is 9.12. The number of Topliss-reactive ketones (excluding diaryl/α,β-unsaturated/α-hetero) is 1. The Labute approximate surface area is 173 Å². The number of hydrogen-bond donors (Lipinski definition) is 1. The van der Waals surface area contributed by atoms with Crippen molar-refractivity contribution in [2.75, 3.05) is 7.11 Å². The maximum Gasteiger partial charge on any atom is 0.225 e. The third kappa shape index (κ3) is 3.43. The van der Waals surface area contributed by atoms with Gasteiger partial charge in [0.05, 0.1) is 17.2 Å². The zero-order valence-electron chi connectivity index (χ0n) is 15.3. The molecule has 2 aromatic carbocycles. The summed E-state index contributed by atoms with van der Waals surface area (Å²) in [6.07, 6.45) is 1.20. The van der Waals surface area contributed by atoms with Crippen LogP contribution in [0.1, 0.15) is 42.2 Å². The highest BCUT2D eigenvalue weighted by Crippen LogP contribution is 2.45. The van der Waals surface area contributed by atoms with Crippen molar-refractivity contribution in [3.8, 4) is 5.75 Å². The second-order valence-corrected chi connectivity index (χ2v) is 7.93. The van der Waals surface area contributed by atoms with Gasteiger partial charge in [-0.3, -0.25) is 9.59 Å². The first-order chi connectivity index (χ1) is 13.5. The van der Waals surface area contributed by atoms with Crippen molar-refractivity contribution < 1.29 is 14.3 Å². The first-order valence-corrected chi connectivity index (χ1v) is 9.87.